The van der Waals surface area contributed by atoms with Crippen LogP contribution in [0.5, 0.6) is 0 Å². The topological polar surface area (TPSA) is 85.3 Å². The Morgan fingerprint density at radius 2 is 1.84 bits per heavy atom. The molecule has 25 heavy (non-hydrogen) atoms. The van der Waals surface area contributed by atoms with E-state index in [9.17, 15) is 14.4 Å². The summed E-state index contributed by atoms with van der Waals surface area (Å²) in [5.41, 5.74) is -1.13. The largest absolute Gasteiger partial charge is 0.353 e. The van der Waals surface area contributed by atoms with Gasteiger partial charge in [0.05, 0.1) is 12.3 Å². The molecule has 1 aliphatic heterocycles. The van der Waals surface area contributed by atoms with Crippen molar-refractivity contribution in [3.8, 4) is 0 Å². The molecule has 0 fully saturated rings. The lowest BCUT2D eigenvalue weighted by atomic mass is 9.83. The van der Waals surface area contributed by atoms with Gasteiger partial charge < -0.3 is 15.1 Å². The van der Waals surface area contributed by atoms with Crippen LogP contribution in [0.4, 0.5) is 0 Å². The highest BCUT2D eigenvalue weighted by molar-refractivity contribution is 6.12. The standard InChI is InChI=1S/C17H31N5O3/c1-9-12-17(4,15(25)22(8)19-12)11-18-14(24)16(2,3)21(7)13(23)10-20(5)6/h9-11H2,1-8H3,(H,18,24). The summed E-state index contributed by atoms with van der Waals surface area (Å²) in [5.74, 6) is -0.593. The number of carbonyl (C=O) groups is 3. The lowest BCUT2D eigenvalue weighted by Gasteiger charge is -2.36. The predicted octanol–water partition coefficient (Wildman–Crippen LogP) is 0.146. The number of hydrogen-bond acceptors (Lipinski definition) is 5. The van der Waals surface area contributed by atoms with E-state index in [1.165, 1.54) is 9.91 Å². The van der Waals surface area contributed by atoms with Crippen molar-refractivity contribution in [2.45, 2.75) is 39.7 Å². The zero-order chi connectivity index (χ0) is 19.6. The first-order valence-electron chi connectivity index (χ1n) is 8.43. The van der Waals surface area contributed by atoms with Crippen molar-refractivity contribution in [2.75, 3.05) is 41.3 Å². The van der Waals surface area contributed by atoms with E-state index >= 15 is 0 Å². The molecule has 142 valence electrons. The first-order chi connectivity index (χ1) is 11.4. The highest BCUT2D eigenvalue weighted by atomic mass is 16.2. The fourth-order valence-corrected chi connectivity index (χ4v) is 2.77. The van der Waals surface area contributed by atoms with E-state index in [1.807, 2.05) is 6.92 Å². The van der Waals surface area contributed by atoms with Gasteiger partial charge >= 0.3 is 0 Å². The third-order valence-electron chi connectivity index (χ3n) is 4.83. The van der Waals surface area contributed by atoms with Crippen molar-refractivity contribution in [3.63, 3.8) is 0 Å². The Labute approximate surface area is 150 Å². The Hall–Kier alpha value is -1.96. The van der Waals surface area contributed by atoms with Crippen molar-refractivity contribution in [1.82, 2.24) is 20.1 Å². The molecule has 0 aromatic heterocycles. The molecule has 0 aromatic rings. The minimum absolute atomic E-state index is 0.139. The molecule has 1 atom stereocenters. The van der Waals surface area contributed by atoms with Crippen LogP contribution in [0.3, 0.4) is 0 Å². The van der Waals surface area contributed by atoms with Crippen LogP contribution in [0, 0.1) is 5.41 Å². The normalized spacial score (nSPS) is 20.8. The molecule has 0 radical (unpaired) electrons. The zero-order valence-electron chi connectivity index (χ0n) is 16.6. The second-order valence-electron chi connectivity index (χ2n) is 7.49. The Bertz CT molecular complexity index is 585. The van der Waals surface area contributed by atoms with Crippen LogP contribution in [0.15, 0.2) is 5.10 Å². The predicted molar refractivity (Wildman–Crippen MR) is 97.0 cm³/mol. The summed E-state index contributed by atoms with van der Waals surface area (Å²) in [6.45, 7) is 7.48. The van der Waals surface area contributed by atoms with Crippen LogP contribution in [-0.4, -0.2) is 85.1 Å². The Morgan fingerprint density at radius 3 is 2.32 bits per heavy atom. The van der Waals surface area contributed by atoms with Gasteiger partial charge in [0.25, 0.3) is 5.91 Å². The van der Waals surface area contributed by atoms with Crippen LogP contribution in [0.1, 0.15) is 34.1 Å². The lowest BCUT2D eigenvalue weighted by Crippen LogP contribution is -2.58. The van der Waals surface area contributed by atoms with Crippen molar-refractivity contribution in [1.29, 1.82) is 0 Å². The number of nitrogens with one attached hydrogen (secondary N) is 1. The molecule has 0 aromatic carbocycles. The van der Waals surface area contributed by atoms with Gasteiger partial charge in [-0.15, -0.1) is 0 Å². The summed E-state index contributed by atoms with van der Waals surface area (Å²) < 4.78 is 0. The summed E-state index contributed by atoms with van der Waals surface area (Å²) >= 11 is 0. The molecule has 8 nitrogen and oxygen atoms in total. The molecule has 1 rings (SSSR count). The van der Waals surface area contributed by atoms with E-state index in [-0.39, 0.29) is 30.8 Å². The van der Waals surface area contributed by atoms with Crippen LogP contribution in [0.2, 0.25) is 0 Å². The van der Waals surface area contributed by atoms with E-state index < -0.39 is 11.0 Å². The maximum atomic E-state index is 12.7. The number of rotatable bonds is 7. The molecule has 8 heteroatoms. The summed E-state index contributed by atoms with van der Waals surface area (Å²) in [6, 6.07) is 0. The van der Waals surface area contributed by atoms with Gasteiger partial charge in [0.15, 0.2) is 0 Å². The fraction of sp³-hybridized carbons (Fsp3) is 0.765. The second kappa shape index (κ2) is 7.51. The van der Waals surface area contributed by atoms with Crippen molar-refractivity contribution in [3.05, 3.63) is 0 Å². The number of carbonyl (C=O) groups excluding carboxylic acids is 3. The van der Waals surface area contributed by atoms with E-state index in [2.05, 4.69) is 10.4 Å². The Kier molecular flexibility index (Phi) is 6.33. The maximum Gasteiger partial charge on any atom is 0.255 e. The van der Waals surface area contributed by atoms with Gasteiger partial charge in [-0.2, -0.15) is 5.10 Å². The number of hydrazone groups is 1. The van der Waals surface area contributed by atoms with Gasteiger partial charge in [-0.05, 0) is 41.3 Å². The smallest absolute Gasteiger partial charge is 0.255 e. The second-order valence-corrected chi connectivity index (χ2v) is 7.49. The number of nitrogens with zero attached hydrogens (tertiary/aromatic N) is 4. The van der Waals surface area contributed by atoms with Crippen molar-refractivity contribution < 1.29 is 14.4 Å². The molecule has 0 spiro atoms. The zero-order valence-corrected chi connectivity index (χ0v) is 16.6. The van der Waals surface area contributed by atoms with Crippen LogP contribution in [0.25, 0.3) is 0 Å². The average Bonchev–Trinajstić information content (AvgIpc) is 2.75. The van der Waals surface area contributed by atoms with Gasteiger partial charge in [0.2, 0.25) is 11.8 Å². The van der Waals surface area contributed by atoms with Gasteiger partial charge in [-0.25, -0.2) is 5.01 Å². The summed E-state index contributed by atoms with van der Waals surface area (Å²) in [7, 11) is 6.82. The van der Waals surface area contributed by atoms with E-state index in [0.717, 1.165) is 5.71 Å². The molecule has 1 N–H and O–H groups in total. The summed E-state index contributed by atoms with van der Waals surface area (Å²) in [5, 5.41) is 8.41. The Morgan fingerprint density at radius 1 is 1.28 bits per heavy atom. The van der Waals surface area contributed by atoms with Gasteiger partial charge in [-0.1, -0.05) is 6.92 Å². The van der Waals surface area contributed by atoms with E-state index in [1.54, 1.807) is 53.9 Å². The number of likely N-dealkylation sites (N-methyl/N-ethyl adjacent to an activating group) is 2. The van der Waals surface area contributed by atoms with Gasteiger partial charge in [-0.3, -0.25) is 14.4 Å². The maximum absolute atomic E-state index is 12.7. The minimum Gasteiger partial charge on any atom is -0.353 e. The van der Waals surface area contributed by atoms with Crippen LogP contribution in [-0.2, 0) is 14.4 Å². The molecular formula is C17H31N5O3. The van der Waals surface area contributed by atoms with Crippen LogP contribution < -0.4 is 5.32 Å². The quantitative estimate of drug-likeness (QED) is 0.706. The van der Waals surface area contributed by atoms with Gasteiger partial charge in [0, 0.05) is 20.6 Å². The summed E-state index contributed by atoms with van der Waals surface area (Å²) in [6.07, 6.45) is 0.632. The summed E-state index contributed by atoms with van der Waals surface area (Å²) in [4.78, 5) is 40.5. The molecule has 0 saturated heterocycles. The molecule has 0 bridgehead atoms. The highest BCUT2D eigenvalue weighted by Crippen LogP contribution is 2.29. The first kappa shape index (κ1) is 21.1. The third-order valence-corrected chi connectivity index (χ3v) is 4.83. The average molecular weight is 353 g/mol. The van der Waals surface area contributed by atoms with Gasteiger partial charge in [0.1, 0.15) is 11.0 Å². The number of amides is 3. The van der Waals surface area contributed by atoms with E-state index in [0.29, 0.717) is 6.42 Å². The van der Waals surface area contributed by atoms with Crippen molar-refractivity contribution >= 4 is 23.4 Å². The SMILES string of the molecule is CCC1=NN(C)C(=O)C1(C)CNC(=O)C(C)(C)N(C)C(=O)CN(C)C. The molecule has 3 amide bonds. The third kappa shape index (κ3) is 4.18. The molecule has 1 unspecified atom stereocenters. The monoisotopic (exact) mass is 353 g/mol. The highest BCUT2D eigenvalue weighted by Gasteiger charge is 2.46. The fourth-order valence-electron chi connectivity index (χ4n) is 2.77. The Balaban J connectivity index is 2.83. The molecule has 0 saturated carbocycles. The van der Waals surface area contributed by atoms with E-state index in [4.69, 9.17) is 0 Å². The molecular weight excluding hydrogens is 322 g/mol. The molecule has 1 heterocycles. The van der Waals surface area contributed by atoms with Crippen LogP contribution >= 0.6 is 0 Å². The first-order valence-corrected chi connectivity index (χ1v) is 8.43. The van der Waals surface area contributed by atoms with Crippen molar-refractivity contribution in [2.24, 2.45) is 10.5 Å². The molecule has 1 aliphatic rings. The lowest BCUT2D eigenvalue weighted by molar-refractivity contribution is -0.145. The molecule has 0 aliphatic carbocycles. The minimum atomic E-state index is -1.03. The number of hydrogen-bond donors (Lipinski definition) is 1.